The van der Waals surface area contributed by atoms with Crippen LogP contribution in [0.1, 0.15) is 24.0 Å². The summed E-state index contributed by atoms with van der Waals surface area (Å²) >= 11 is 0. The summed E-state index contributed by atoms with van der Waals surface area (Å²) in [6.07, 6.45) is 3.20. The van der Waals surface area contributed by atoms with Crippen molar-refractivity contribution in [3.05, 3.63) is 59.7 Å². The second-order valence-electron chi connectivity index (χ2n) is 5.74. The van der Waals surface area contributed by atoms with E-state index in [4.69, 9.17) is 4.74 Å². The van der Waals surface area contributed by atoms with E-state index in [1.807, 2.05) is 47.4 Å². The number of carbonyl (C=O) groups excluding carboxylic acids is 1. The van der Waals surface area contributed by atoms with Crippen molar-refractivity contribution < 1.29 is 9.53 Å². The zero-order chi connectivity index (χ0) is 16.1. The smallest absolute Gasteiger partial charge is 0.322 e. The lowest BCUT2D eigenvalue weighted by atomic mass is 10.1. The Balaban J connectivity index is 1.67. The number of para-hydroxylation sites is 1. The van der Waals surface area contributed by atoms with Gasteiger partial charge >= 0.3 is 6.03 Å². The van der Waals surface area contributed by atoms with E-state index in [1.54, 1.807) is 7.11 Å². The van der Waals surface area contributed by atoms with Crippen LogP contribution in [0, 0.1) is 0 Å². The van der Waals surface area contributed by atoms with Crippen molar-refractivity contribution in [2.24, 2.45) is 0 Å². The highest BCUT2D eigenvalue weighted by Crippen LogP contribution is 2.26. The predicted octanol–water partition coefficient (Wildman–Crippen LogP) is 3.75. The fourth-order valence-corrected chi connectivity index (χ4v) is 2.92. The molecular weight excluding hydrogens is 288 g/mol. The summed E-state index contributed by atoms with van der Waals surface area (Å²) in [6, 6.07) is 15.9. The molecule has 0 saturated carbocycles. The van der Waals surface area contributed by atoms with Crippen molar-refractivity contribution in [3.8, 4) is 5.75 Å². The van der Waals surface area contributed by atoms with Gasteiger partial charge in [-0.25, -0.2) is 4.79 Å². The molecule has 0 fully saturated rings. The zero-order valence-corrected chi connectivity index (χ0v) is 13.4. The molecule has 4 nitrogen and oxygen atoms in total. The van der Waals surface area contributed by atoms with E-state index in [-0.39, 0.29) is 6.03 Å². The van der Waals surface area contributed by atoms with Gasteiger partial charge in [-0.1, -0.05) is 30.3 Å². The molecule has 1 aliphatic rings. The standard InChI is InChI=1S/C19H22N2O2/c1-23-17-11-9-15(10-12-17)14-20-19(22)21-13-5-4-7-16-6-2-3-8-18(16)21/h2-3,6,8-12H,4-5,7,13-14H2,1H3,(H,20,22). The number of benzene rings is 2. The number of nitrogens with zero attached hydrogens (tertiary/aromatic N) is 1. The van der Waals surface area contributed by atoms with Crippen LogP contribution in [-0.2, 0) is 13.0 Å². The first-order valence-corrected chi connectivity index (χ1v) is 8.04. The summed E-state index contributed by atoms with van der Waals surface area (Å²) in [6.45, 7) is 1.28. The molecule has 2 amide bonds. The third kappa shape index (κ3) is 3.65. The van der Waals surface area contributed by atoms with E-state index >= 15 is 0 Å². The molecule has 2 aromatic carbocycles. The molecule has 0 bridgehead atoms. The zero-order valence-electron chi connectivity index (χ0n) is 13.4. The SMILES string of the molecule is COc1ccc(CNC(=O)N2CCCCc3ccccc32)cc1. The summed E-state index contributed by atoms with van der Waals surface area (Å²) < 4.78 is 5.15. The highest BCUT2D eigenvalue weighted by Gasteiger charge is 2.20. The van der Waals surface area contributed by atoms with Crippen LogP contribution in [0.5, 0.6) is 5.75 Å². The average molecular weight is 310 g/mol. The molecule has 23 heavy (non-hydrogen) atoms. The first kappa shape index (κ1) is 15.4. The molecule has 0 radical (unpaired) electrons. The summed E-state index contributed by atoms with van der Waals surface area (Å²) in [5.74, 6) is 0.821. The van der Waals surface area contributed by atoms with Crippen LogP contribution in [0.4, 0.5) is 10.5 Å². The van der Waals surface area contributed by atoms with Gasteiger partial charge < -0.3 is 10.1 Å². The molecule has 0 aliphatic carbocycles. The van der Waals surface area contributed by atoms with Crippen molar-refractivity contribution in [1.82, 2.24) is 5.32 Å². The number of rotatable bonds is 3. The Morgan fingerprint density at radius 1 is 1.13 bits per heavy atom. The number of carbonyl (C=O) groups is 1. The predicted molar refractivity (Wildman–Crippen MR) is 92.0 cm³/mol. The highest BCUT2D eigenvalue weighted by molar-refractivity contribution is 5.92. The van der Waals surface area contributed by atoms with Gasteiger partial charge in [0.05, 0.1) is 7.11 Å². The van der Waals surface area contributed by atoms with E-state index in [0.717, 1.165) is 42.8 Å². The van der Waals surface area contributed by atoms with E-state index in [2.05, 4.69) is 11.4 Å². The maximum absolute atomic E-state index is 12.6. The molecule has 0 spiro atoms. The second-order valence-corrected chi connectivity index (χ2v) is 5.74. The molecule has 120 valence electrons. The van der Waals surface area contributed by atoms with Crippen molar-refractivity contribution in [3.63, 3.8) is 0 Å². The van der Waals surface area contributed by atoms with Gasteiger partial charge in [0.1, 0.15) is 5.75 Å². The van der Waals surface area contributed by atoms with Gasteiger partial charge in [0, 0.05) is 18.8 Å². The topological polar surface area (TPSA) is 41.6 Å². The van der Waals surface area contributed by atoms with Crippen molar-refractivity contribution in [2.75, 3.05) is 18.6 Å². The fourth-order valence-electron chi connectivity index (χ4n) is 2.92. The molecule has 0 saturated heterocycles. The Labute approximate surface area is 137 Å². The Morgan fingerprint density at radius 3 is 2.70 bits per heavy atom. The van der Waals surface area contributed by atoms with Crippen LogP contribution in [-0.4, -0.2) is 19.7 Å². The number of hydrogen-bond acceptors (Lipinski definition) is 2. The third-order valence-electron chi connectivity index (χ3n) is 4.21. The minimum atomic E-state index is -0.0323. The maximum Gasteiger partial charge on any atom is 0.322 e. The molecule has 3 rings (SSSR count). The van der Waals surface area contributed by atoms with Gasteiger partial charge in [0.25, 0.3) is 0 Å². The summed E-state index contributed by atoms with van der Waals surface area (Å²) in [4.78, 5) is 14.5. The summed E-state index contributed by atoms with van der Waals surface area (Å²) in [5.41, 5.74) is 3.35. The Kier molecular flexibility index (Phi) is 4.81. The lowest BCUT2D eigenvalue weighted by Gasteiger charge is -2.23. The van der Waals surface area contributed by atoms with Gasteiger partial charge in [0.2, 0.25) is 0 Å². The normalized spacial score (nSPS) is 13.9. The Morgan fingerprint density at radius 2 is 1.91 bits per heavy atom. The van der Waals surface area contributed by atoms with E-state index in [9.17, 15) is 4.79 Å². The number of amides is 2. The van der Waals surface area contributed by atoms with Crippen LogP contribution >= 0.6 is 0 Å². The molecule has 1 aliphatic heterocycles. The van der Waals surface area contributed by atoms with Gasteiger partial charge in [-0.3, -0.25) is 4.90 Å². The number of ether oxygens (including phenoxy) is 1. The number of anilines is 1. The maximum atomic E-state index is 12.6. The summed E-state index contributed by atoms with van der Waals surface area (Å²) in [7, 11) is 1.65. The Hall–Kier alpha value is -2.49. The van der Waals surface area contributed by atoms with Crippen LogP contribution in [0.25, 0.3) is 0 Å². The lowest BCUT2D eigenvalue weighted by Crippen LogP contribution is -2.40. The molecule has 4 heteroatoms. The van der Waals surface area contributed by atoms with Crippen LogP contribution in [0.15, 0.2) is 48.5 Å². The molecule has 0 atom stereocenters. The first-order chi connectivity index (χ1) is 11.3. The van der Waals surface area contributed by atoms with Gasteiger partial charge in [-0.15, -0.1) is 0 Å². The van der Waals surface area contributed by atoms with Gasteiger partial charge in [-0.2, -0.15) is 0 Å². The van der Waals surface area contributed by atoms with Crippen molar-refractivity contribution in [1.29, 1.82) is 0 Å². The van der Waals surface area contributed by atoms with Crippen molar-refractivity contribution in [2.45, 2.75) is 25.8 Å². The van der Waals surface area contributed by atoms with Crippen LogP contribution in [0.3, 0.4) is 0 Å². The number of methoxy groups -OCH3 is 1. The largest absolute Gasteiger partial charge is 0.497 e. The molecule has 1 N–H and O–H groups in total. The minimum Gasteiger partial charge on any atom is -0.497 e. The number of fused-ring (bicyclic) bond motifs is 1. The van der Waals surface area contributed by atoms with Gasteiger partial charge in [-0.05, 0) is 48.6 Å². The molecule has 0 aromatic heterocycles. The first-order valence-electron chi connectivity index (χ1n) is 8.04. The highest BCUT2D eigenvalue weighted by atomic mass is 16.5. The van der Waals surface area contributed by atoms with Gasteiger partial charge in [0.15, 0.2) is 0 Å². The lowest BCUT2D eigenvalue weighted by molar-refractivity contribution is 0.246. The molecular formula is C19H22N2O2. The van der Waals surface area contributed by atoms with Crippen LogP contribution in [0.2, 0.25) is 0 Å². The van der Waals surface area contributed by atoms with Crippen LogP contribution < -0.4 is 15.0 Å². The average Bonchev–Trinajstić information content (AvgIpc) is 2.82. The minimum absolute atomic E-state index is 0.0323. The monoisotopic (exact) mass is 310 g/mol. The fraction of sp³-hybridized carbons (Fsp3) is 0.316. The number of hydrogen-bond donors (Lipinski definition) is 1. The summed E-state index contributed by atoms with van der Waals surface area (Å²) in [5, 5.41) is 3.02. The molecule has 1 heterocycles. The quantitative estimate of drug-likeness (QED) is 0.938. The van der Waals surface area contributed by atoms with E-state index in [0.29, 0.717) is 6.54 Å². The Bertz CT molecular complexity index is 667. The number of aryl methyl sites for hydroxylation is 1. The number of urea groups is 1. The van der Waals surface area contributed by atoms with E-state index in [1.165, 1.54) is 5.56 Å². The second kappa shape index (κ2) is 7.18. The van der Waals surface area contributed by atoms with Crippen molar-refractivity contribution >= 4 is 11.7 Å². The third-order valence-corrected chi connectivity index (χ3v) is 4.21. The number of nitrogens with one attached hydrogen (secondary N) is 1. The molecule has 0 unspecified atom stereocenters. The molecule has 2 aromatic rings. The van der Waals surface area contributed by atoms with E-state index < -0.39 is 0 Å².